The van der Waals surface area contributed by atoms with Crippen LogP contribution >= 0.6 is 0 Å². The summed E-state index contributed by atoms with van der Waals surface area (Å²) in [4.78, 5) is 6.94. The smallest absolute Gasteiger partial charge is 0.128 e. The second-order valence-corrected chi connectivity index (χ2v) is 4.48. The molecule has 0 amide bonds. The maximum Gasteiger partial charge on any atom is 0.128 e. The van der Waals surface area contributed by atoms with Crippen LogP contribution in [0.1, 0.15) is 37.9 Å². The van der Waals surface area contributed by atoms with Gasteiger partial charge < -0.3 is 10.2 Å². The summed E-state index contributed by atoms with van der Waals surface area (Å²) >= 11 is 0. The van der Waals surface area contributed by atoms with Gasteiger partial charge in [0.25, 0.3) is 0 Å². The Bertz CT molecular complexity index is 336. The molecule has 0 fully saturated rings. The van der Waals surface area contributed by atoms with Crippen LogP contribution in [-0.4, -0.2) is 25.6 Å². The van der Waals surface area contributed by atoms with E-state index in [0.717, 1.165) is 25.3 Å². The van der Waals surface area contributed by atoms with Gasteiger partial charge in [-0.1, -0.05) is 20.3 Å². The van der Waals surface area contributed by atoms with E-state index in [1.807, 2.05) is 7.05 Å². The number of anilines is 1. The summed E-state index contributed by atoms with van der Waals surface area (Å²) in [6, 6.07) is 4.37. The molecule has 0 aliphatic carbocycles. The van der Waals surface area contributed by atoms with Crippen molar-refractivity contribution in [1.82, 2.24) is 10.3 Å². The van der Waals surface area contributed by atoms with Crippen LogP contribution in [0, 0.1) is 0 Å². The third kappa shape index (κ3) is 4.35. The third-order valence-corrected chi connectivity index (χ3v) is 2.91. The van der Waals surface area contributed by atoms with Crippen LogP contribution in [0.3, 0.4) is 0 Å². The topological polar surface area (TPSA) is 28.2 Å². The molecule has 3 heteroatoms. The number of unbranched alkanes of at least 4 members (excludes halogenated alkanes) is 1. The minimum absolute atomic E-state index is 0.907. The fourth-order valence-corrected chi connectivity index (χ4v) is 1.83. The van der Waals surface area contributed by atoms with Crippen molar-refractivity contribution in [2.45, 2.75) is 39.7 Å². The Morgan fingerprint density at radius 1 is 1.29 bits per heavy atom. The zero-order chi connectivity index (χ0) is 12.7. The van der Waals surface area contributed by atoms with E-state index in [1.165, 1.54) is 24.1 Å². The molecule has 1 heterocycles. The minimum atomic E-state index is 0.907. The molecule has 17 heavy (non-hydrogen) atoms. The van der Waals surface area contributed by atoms with Crippen LogP contribution in [-0.2, 0) is 13.0 Å². The molecule has 0 unspecified atom stereocenters. The summed E-state index contributed by atoms with van der Waals surface area (Å²) in [6.07, 6.45) is 3.43. The summed E-state index contributed by atoms with van der Waals surface area (Å²) in [5, 5.41) is 3.20. The summed E-state index contributed by atoms with van der Waals surface area (Å²) in [7, 11) is 4.10. The lowest BCUT2D eigenvalue weighted by molar-refractivity contribution is 0.753. The largest absolute Gasteiger partial charge is 0.360 e. The van der Waals surface area contributed by atoms with Crippen LogP contribution in [0.4, 0.5) is 5.82 Å². The molecule has 1 rings (SSSR count). The van der Waals surface area contributed by atoms with Crippen molar-refractivity contribution in [1.29, 1.82) is 0 Å². The predicted octanol–water partition coefficient (Wildman–Crippen LogP) is 2.60. The summed E-state index contributed by atoms with van der Waals surface area (Å²) < 4.78 is 0. The van der Waals surface area contributed by atoms with Crippen molar-refractivity contribution < 1.29 is 0 Å². The Morgan fingerprint density at radius 2 is 2.06 bits per heavy atom. The summed E-state index contributed by atoms with van der Waals surface area (Å²) in [5.74, 6) is 1.10. The molecular weight excluding hydrogens is 210 g/mol. The molecule has 1 aromatic heterocycles. The van der Waals surface area contributed by atoms with Crippen molar-refractivity contribution >= 4 is 5.82 Å². The molecule has 0 saturated heterocycles. The molecule has 0 spiro atoms. The average molecular weight is 235 g/mol. The first-order valence-electron chi connectivity index (χ1n) is 6.56. The van der Waals surface area contributed by atoms with E-state index in [4.69, 9.17) is 0 Å². The molecule has 0 aromatic carbocycles. The molecule has 1 N–H and O–H groups in total. The lowest BCUT2D eigenvalue weighted by Gasteiger charge is -2.19. The second kappa shape index (κ2) is 7.28. The van der Waals surface area contributed by atoms with E-state index < -0.39 is 0 Å². The molecular formula is C14H25N3. The van der Waals surface area contributed by atoms with E-state index in [2.05, 4.69) is 48.2 Å². The van der Waals surface area contributed by atoms with Gasteiger partial charge in [-0.25, -0.2) is 4.98 Å². The van der Waals surface area contributed by atoms with Gasteiger partial charge in [0.05, 0.1) is 0 Å². The number of rotatable bonds is 7. The first-order valence-corrected chi connectivity index (χ1v) is 6.56. The Morgan fingerprint density at radius 3 is 2.65 bits per heavy atom. The molecule has 3 nitrogen and oxygen atoms in total. The number of nitrogens with zero attached hydrogens (tertiary/aromatic N) is 2. The molecule has 0 aliphatic heterocycles. The lowest BCUT2D eigenvalue weighted by Crippen LogP contribution is -2.20. The van der Waals surface area contributed by atoms with E-state index >= 15 is 0 Å². The van der Waals surface area contributed by atoms with Gasteiger partial charge in [0.1, 0.15) is 5.82 Å². The van der Waals surface area contributed by atoms with Crippen molar-refractivity contribution in [3.63, 3.8) is 0 Å². The van der Waals surface area contributed by atoms with Crippen LogP contribution < -0.4 is 10.2 Å². The van der Waals surface area contributed by atoms with E-state index in [1.54, 1.807) is 0 Å². The van der Waals surface area contributed by atoms with Crippen molar-refractivity contribution in [2.24, 2.45) is 0 Å². The van der Waals surface area contributed by atoms with Crippen LogP contribution in [0.15, 0.2) is 12.1 Å². The number of hydrogen-bond donors (Lipinski definition) is 1. The van der Waals surface area contributed by atoms with E-state index in [0.29, 0.717) is 0 Å². The highest BCUT2D eigenvalue weighted by Crippen LogP contribution is 2.15. The first kappa shape index (κ1) is 14.0. The number of aryl methyl sites for hydroxylation is 1. The van der Waals surface area contributed by atoms with Gasteiger partial charge >= 0.3 is 0 Å². The van der Waals surface area contributed by atoms with Gasteiger partial charge in [0.15, 0.2) is 0 Å². The zero-order valence-corrected chi connectivity index (χ0v) is 11.6. The summed E-state index contributed by atoms with van der Waals surface area (Å²) in [5.41, 5.74) is 2.49. The molecule has 0 saturated carbocycles. The van der Waals surface area contributed by atoms with Crippen molar-refractivity contribution in [3.05, 3.63) is 23.4 Å². The Labute approximate surface area is 105 Å². The van der Waals surface area contributed by atoms with E-state index in [9.17, 15) is 0 Å². The fraction of sp³-hybridized carbons (Fsp3) is 0.643. The van der Waals surface area contributed by atoms with Crippen LogP contribution in [0.2, 0.25) is 0 Å². The molecule has 0 aliphatic rings. The Hall–Kier alpha value is -1.09. The highest BCUT2D eigenvalue weighted by molar-refractivity contribution is 5.42. The average Bonchev–Trinajstić information content (AvgIpc) is 2.35. The van der Waals surface area contributed by atoms with Crippen LogP contribution in [0.5, 0.6) is 0 Å². The minimum Gasteiger partial charge on any atom is -0.360 e. The summed E-state index contributed by atoms with van der Waals surface area (Å²) in [6.45, 7) is 6.36. The predicted molar refractivity (Wildman–Crippen MR) is 74.6 cm³/mol. The van der Waals surface area contributed by atoms with Gasteiger partial charge in [-0.2, -0.15) is 0 Å². The van der Waals surface area contributed by atoms with Gasteiger partial charge in [-0.05, 0) is 37.6 Å². The number of pyridine rings is 1. The Kier molecular flexibility index (Phi) is 5.98. The highest BCUT2D eigenvalue weighted by Gasteiger charge is 2.05. The number of nitrogens with one attached hydrogen (secondary N) is 1. The van der Waals surface area contributed by atoms with Gasteiger partial charge in [0.2, 0.25) is 0 Å². The van der Waals surface area contributed by atoms with Gasteiger partial charge in [0, 0.05) is 25.8 Å². The van der Waals surface area contributed by atoms with E-state index in [-0.39, 0.29) is 0 Å². The standard InChI is InChI=1S/C14H25N3/c1-5-7-8-17(4)14-10-12(11-15-3)9-13(6-2)16-14/h9-10,15H,5-8,11H2,1-4H3. The van der Waals surface area contributed by atoms with Crippen LogP contribution in [0.25, 0.3) is 0 Å². The monoisotopic (exact) mass is 235 g/mol. The highest BCUT2D eigenvalue weighted by atomic mass is 15.2. The van der Waals surface area contributed by atoms with Gasteiger partial charge in [-0.3, -0.25) is 0 Å². The molecule has 0 radical (unpaired) electrons. The SMILES string of the molecule is CCCCN(C)c1cc(CNC)cc(CC)n1. The number of aromatic nitrogens is 1. The van der Waals surface area contributed by atoms with Gasteiger partial charge in [-0.15, -0.1) is 0 Å². The molecule has 0 atom stereocenters. The fourth-order valence-electron chi connectivity index (χ4n) is 1.83. The quantitative estimate of drug-likeness (QED) is 0.787. The third-order valence-electron chi connectivity index (χ3n) is 2.91. The normalized spacial score (nSPS) is 10.6. The maximum atomic E-state index is 4.69. The van der Waals surface area contributed by atoms with Crippen molar-refractivity contribution in [3.8, 4) is 0 Å². The molecule has 0 bridgehead atoms. The first-order chi connectivity index (χ1) is 8.21. The second-order valence-electron chi connectivity index (χ2n) is 4.48. The zero-order valence-electron chi connectivity index (χ0n) is 11.6. The molecule has 96 valence electrons. The lowest BCUT2D eigenvalue weighted by atomic mass is 10.2. The maximum absolute atomic E-state index is 4.69. The Balaban J connectivity index is 2.85. The number of hydrogen-bond acceptors (Lipinski definition) is 3. The van der Waals surface area contributed by atoms with Crippen molar-refractivity contribution in [2.75, 3.05) is 25.5 Å². The molecule has 1 aromatic rings.